The standard InChI is InChI=1S/C18H24O4S/c19-18(11-15-2-1-3-16(12-18)23(15,20)21)8-6-13-4-5-17-14(10-13)7-9-22-17/h4-5,10,15-16,19H,1-3,6-9,11-12H2. The number of hydrogen-bond donors (Lipinski definition) is 1. The fourth-order valence-corrected chi connectivity index (χ4v) is 7.14. The minimum Gasteiger partial charge on any atom is -0.493 e. The predicted octanol–water partition coefficient (Wildman–Crippen LogP) is 2.41. The lowest BCUT2D eigenvalue weighted by Crippen LogP contribution is -2.51. The molecule has 126 valence electrons. The van der Waals surface area contributed by atoms with Gasteiger partial charge in [0, 0.05) is 6.42 Å². The average molecular weight is 336 g/mol. The summed E-state index contributed by atoms with van der Waals surface area (Å²) in [7, 11) is -3.00. The number of aliphatic hydroxyl groups is 1. The van der Waals surface area contributed by atoms with Gasteiger partial charge in [0.05, 0.1) is 22.7 Å². The zero-order valence-corrected chi connectivity index (χ0v) is 14.1. The van der Waals surface area contributed by atoms with Gasteiger partial charge in [-0.1, -0.05) is 18.6 Å². The molecule has 0 saturated carbocycles. The van der Waals surface area contributed by atoms with Crippen LogP contribution in [0.5, 0.6) is 5.75 Å². The van der Waals surface area contributed by atoms with E-state index >= 15 is 0 Å². The molecule has 0 spiro atoms. The molecule has 5 heteroatoms. The summed E-state index contributed by atoms with van der Waals surface area (Å²) in [6.45, 7) is 0.754. The van der Waals surface area contributed by atoms with Crippen LogP contribution in [0.15, 0.2) is 18.2 Å². The lowest BCUT2D eigenvalue weighted by atomic mass is 9.81. The minimum absolute atomic E-state index is 0.326. The SMILES string of the molecule is O=S1(=O)C2CCCC1CC(O)(CCc1ccc3c(c1)CCO3)C2. The topological polar surface area (TPSA) is 63.6 Å². The highest BCUT2D eigenvalue weighted by Gasteiger charge is 2.49. The summed E-state index contributed by atoms with van der Waals surface area (Å²) in [6, 6.07) is 6.25. The second-order valence-corrected chi connectivity index (χ2v) is 9.95. The highest BCUT2D eigenvalue weighted by Crippen LogP contribution is 2.43. The van der Waals surface area contributed by atoms with Crippen molar-refractivity contribution in [3.63, 3.8) is 0 Å². The summed E-state index contributed by atoms with van der Waals surface area (Å²) < 4.78 is 30.2. The number of hydrogen-bond acceptors (Lipinski definition) is 4. The van der Waals surface area contributed by atoms with E-state index in [0.717, 1.165) is 44.5 Å². The van der Waals surface area contributed by atoms with Gasteiger partial charge >= 0.3 is 0 Å². The Morgan fingerprint density at radius 2 is 1.96 bits per heavy atom. The van der Waals surface area contributed by atoms with Crippen molar-refractivity contribution in [3.8, 4) is 5.75 Å². The molecule has 23 heavy (non-hydrogen) atoms. The van der Waals surface area contributed by atoms with E-state index in [9.17, 15) is 13.5 Å². The molecule has 1 aromatic carbocycles. The fourth-order valence-electron chi connectivity index (χ4n) is 4.52. The summed E-state index contributed by atoms with van der Waals surface area (Å²) in [4.78, 5) is 0. The number of ether oxygens (including phenoxy) is 1. The highest BCUT2D eigenvalue weighted by atomic mass is 32.2. The Balaban J connectivity index is 1.46. The second-order valence-electron chi connectivity index (χ2n) is 7.44. The van der Waals surface area contributed by atoms with Crippen molar-refractivity contribution in [2.45, 2.75) is 67.5 Å². The summed E-state index contributed by atoms with van der Waals surface area (Å²) in [5.74, 6) is 0.978. The Hall–Kier alpha value is -1.07. The lowest BCUT2D eigenvalue weighted by molar-refractivity contribution is 0.00195. The molecule has 0 radical (unpaired) electrons. The van der Waals surface area contributed by atoms with Crippen molar-refractivity contribution in [3.05, 3.63) is 29.3 Å². The van der Waals surface area contributed by atoms with Crippen LogP contribution in [-0.4, -0.2) is 36.2 Å². The van der Waals surface area contributed by atoms with Crippen LogP contribution >= 0.6 is 0 Å². The normalized spacial score (nSPS) is 34.7. The van der Waals surface area contributed by atoms with E-state index in [1.54, 1.807) is 0 Å². The molecule has 1 aromatic rings. The van der Waals surface area contributed by atoms with Gasteiger partial charge in [-0.3, -0.25) is 0 Å². The molecule has 4 nitrogen and oxygen atoms in total. The first-order valence-corrected chi connectivity index (χ1v) is 10.3. The zero-order chi connectivity index (χ0) is 16.1. The van der Waals surface area contributed by atoms with Crippen LogP contribution in [0, 0.1) is 0 Å². The molecule has 3 heterocycles. The van der Waals surface area contributed by atoms with E-state index in [2.05, 4.69) is 12.1 Å². The minimum atomic E-state index is -3.00. The fraction of sp³-hybridized carbons (Fsp3) is 0.667. The molecule has 0 amide bonds. The van der Waals surface area contributed by atoms with Gasteiger partial charge in [0.1, 0.15) is 5.75 Å². The number of benzene rings is 1. The summed E-state index contributed by atoms with van der Waals surface area (Å²) >= 11 is 0. The number of fused-ring (bicyclic) bond motifs is 3. The Morgan fingerprint density at radius 3 is 2.70 bits per heavy atom. The monoisotopic (exact) mass is 336 g/mol. The first-order chi connectivity index (χ1) is 11.0. The highest BCUT2D eigenvalue weighted by molar-refractivity contribution is 7.92. The van der Waals surface area contributed by atoms with Crippen LogP contribution in [0.3, 0.4) is 0 Å². The first kappa shape index (κ1) is 15.5. The van der Waals surface area contributed by atoms with Gasteiger partial charge in [-0.25, -0.2) is 8.42 Å². The van der Waals surface area contributed by atoms with Crippen molar-refractivity contribution in [2.24, 2.45) is 0 Å². The molecule has 3 aliphatic rings. The van der Waals surface area contributed by atoms with Gasteiger partial charge in [-0.05, 0) is 55.7 Å². The number of sulfone groups is 1. The van der Waals surface area contributed by atoms with E-state index in [1.165, 1.54) is 11.1 Å². The molecule has 1 N–H and O–H groups in total. The predicted molar refractivity (Wildman–Crippen MR) is 88.5 cm³/mol. The van der Waals surface area contributed by atoms with Gasteiger partial charge in [0.25, 0.3) is 0 Å². The second kappa shape index (κ2) is 5.49. The molecular weight excluding hydrogens is 312 g/mol. The maximum Gasteiger partial charge on any atom is 0.156 e. The third kappa shape index (κ3) is 2.78. The smallest absolute Gasteiger partial charge is 0.156 e. The van der Waals surface area contributed by atoms with E-state index < -0.39 is 15.4 Å². The molecule has 3 aliphatic heterocycles. The maximum atomic E-state index is 12.4. The lowest BCUT2D eigenvalue weighted by Gasteiger charge is -2.44. The molecule has 0 aromatic heterocycles. The molecule has 2 bridgehead atoms. The molecule has 2 fully saturated rings. The van der Waals surface area contributed by atoms with E-state index in [-0.39, 0.29) is 10.5 Å². The van der Waals surface area contributed by atoms with E-state index in [0.29, 0.717) is 19.3 Å². The third-order valence-corrected chi connectivity index (χ3v) is 8.49. The van der Waals surface area contributed by atoms with Gasteiger partial charge < -0.3 is 9.84 Å². The zero-order valence-electron chi connectivity index (χ0n) is 13.3. The van der Waals surface area contributed by atoms with Crippen LogP contribution in [0.2, 0.25) is 0 Å². The molecule has 2 unspecified atom stereocenters. The Morgan fingerprint density at radius 1 is 1.22 bits per heavy atom. The van der Waals surface area contributed by atoms with Gasteiger partial charge in [-0.2, -0.15) is 0 Å². The average Bonchev–Trinajstić information content (AvgIpc) is 2.95. The van der Waals surface area contributed by atoms with Gasteiger partial charge in [0.2, 0.25) is 0 Å². The third-order valence-electron chi connectivity index (χ3n) is 5.83. The van der Waals surface area contributed by atoms with E-state index in [4.69, 9.17) is 4.74 Å². The molecule has 0 aliphatic carbocycles. The molecule has 2 saturated heterocycles. The Kier molecular flexibility index (Phi) is 3.69. The van der Waals surface area contributed by atoms with Crippen molar-refractivity contribution >= 4 is 9.84 Å². The quantitative estimate of drug-likeness (QED) is 0.921. The first-order valence-electron chi connectivity index (χ1n) is 8.66. The van der Waals surface area contributed by atoms with Crippen LogP contribution in [-0.2, 0) is 22.7 Å². The van der Waals surface area contributed by atoms with Crippen LogP contribution < -0.4 is 4.74 Å². The van der Waals surface area contributed by atoms with Crippen LogP contribution in [0.4, 0.5) is 0 Å². The summed E-state index contributed by atoms with van der Waals surface area (Å²) in [5, 5.41) is 10.3. The molecular formula is C18H24O4S. The molecule has 2 atom stereocenters. The maximum absolute atomic E-state index is 12.4. The summed E-state index contributed by atoms with van der Waals surface area (Å²) in [6.07, 6.45) is 5.65. The summed E-state index contributed by atoms with van der Waals surface area (Å²) in [5.41, 5.74) is 1.63. The van der Waals surface area contributed by atoms with Gasteiger partial charge in [0.15, 0.2) is 9.84 Å². The number of rotatable bonds is 3. The Labute approximate surface area is 137 Å². The van der Waals surface area contributed by atoms with Crippen molar-refractivity contribution < 1.29 is 18.3 Å². The number of aryl methyl sites for hydroxylation is 1. The largest absolute Gasteiger partial charge is 0.493 e. The molecule has 4 rings (SSSR count). The van der Waals surface area contributed by atoms with Crippen molar-refractivity contribution in [2.75, 3.05) is 6.61 Å². The van der Waals surface area contributed by atoms with Crippen LogP contribution in [0.25, 0.3) is 0 Å². The van der Waals surface area contributed by atoms with Crippen molar-refractivity contribution in [1.82, 2.24) is 0 Å². The van der Waals surface area contributed by atoms with Crippen molar-refractivity contribution in [1.29, 1.82) is 0 Å². The van der Waals surface area contributed by atoms with Crippen LogP contribution in [0.1, 0.15) is 49.7 Å². The van der Waals surface area contributed by atoms with E-state index in [1.807, 2.05) is 6.07 Å². The van der Waals surface area contributed by atoms with Gasteiger partial charge in [-0.15, -0.1) is 0 Å². The Bertz CT molecular complexity index is 690.